The number of hydrogen-bond donors (Lipinski definition) is 2. The molecule has 0 amide bonds. The molecule has 0 fully saturated rings. The van der Waals surface area contributed by atoms with Gasteiger partial charge in [0.1, 0.15) is 0 Å². The summed E-state index contributed by atoms with van der Waals surface area (Å²) in [6.45, 7) is 17.0. The molecule has 0 atom stereocenters. The Kier molecular flexibility index (Phi) is 7.01. The van der Waals surface area contributed by atoms with Crippen LogP contribution in [0.1, 0.15) is 60.8 Å². The Bertz CT molecular complexity index is 344. The van der Waals surface area contributed by atoms with Crippen LogP contribution in [-0.4, -0.2) is 48.7 Å². The van der Waals surface area contributed by atoms with Crippen molar-refractivity contribution in [2.45, 2.75) is 71.9 Å². The van der Waals surface area contributed by atoms with Gasteiger partial charge < -0.3 is 10.6 Å². The Morgan fingerprint density at radius 1 is 0.762 bits per heavy atom. The van der Waals surface area contributed by atoms with Crippen molar-refractivity contribution in [3.05, 3.63) is 0 Å². The van der Waals surface area contributed by atoms with Crippen LogP contribution >= 0.6 is 0 Å². The van der Waals surface area contributed by atoms with Crippen molar-refractivity contribution in [3.8, 4) is 0 Å². The number of nitrogens with one attached hydrogen (secondary N) is 2. The predicted octanol–water partition coefficient (Wildman–Crippen LogP) is 2.83. The summed E-state index contributed by atoms with van der Waals surface area (Å²) in [4.78, 5) is 9.35. The molecule has 0 aliphatic carbocycles. The zero-order valence-corrected chi connectivity index (χ0v) is 14.8. The largest absolute Gasteiger partial charge is 0.310 e. The molecule has 4 heteroatoms. The fraction of sp³-hybridized carbons (Fsp3) is 0.882. The van der Waals surface area contributed by atoms with Crippen molar-refractivity contribution in [3.63, 3.8) is 0 Å². The van der Waals surface area contributed by atoms with Gasteiger partial charge in [-0.2, -0.15) is 0 Å². The molecule has 1 rings (SSSR count). The van der Waals surface area contributed by atoms with Crippen LogP contribution < -0.4 is 10.6 Å². The average Bonchev–Trinajstić information content (AvgIpc) is 2.32. The van der Waals surface area contributed by atoms with E-state index in [1.54, 1.807) is 0 Å². The smallest absolute Gasteiger partial charge is 0.0406 e. The Labute approximate surface area is 130 Å². The lowest BCUT2D eigenvalue weighted by atomic mass is 9.97. The molecule has 4 nitrogen and oxygen atoms in total. The van der Waals surface area contributed by atoms with Crippen LogP contribution in [0, 0.1) is 0 Å². The topological polar surface area (TPSA) is 48.8 Å². The molecule has 0 saturated carbocycles. The first kappa shape index (κ1) is 18.3. The number of hydrogen-bond acceptors (Lipinski definition) is 4. The van der Waals surface area contributed by atoms with Crippen molar-refractivity contribution in [2.75, 3.05) is 26.2 Å². The Morgan fingerprint density at radius 2 is 1.14 bits per heavy atom. The third-order valence-electron chi connectivity index (χ3n) is 3.81. The summed E-state index contributed by atoms with van der Waals surface area (Å²) in [7, 11) is 0. The first-order chi connectivity index (χ1) is 9.70. The van der Waals surface area contributed by atoms with Gasteiger partial charge >= 0.3 is 0 Å². The molecule has 0 aromatic rings. The van der Waals surface area contributed by atoms with Gasteiger partial charge in [0.15, 0.2) is 0 Å². The van der Waals surface area contributed by atoms with Crippen LogP contribution in [0.5, 0.6) is 0 Å². The van der Waals surface area contributed by atoms with Crippen LogP contribution in [0.3, 0.4) is 0 Å². The fourth-order valence-corrected chi connectivity index (χ4v) is 2.93. The molecule has 21 heavy (non-hydrogen) atoms. The highest BCUT2D eigenvalue weighted by molar-refractivity contribution is 5.83. The highest BCUT2D eigenvalue weighted by Gasteiger charge is 2.20. The van der Waals surface area contributed by atoms with Gasteiger partial charge in [-0.05, 0) is 48.0 Å². The van der Waals surface area contributed by atoms with E-state index >= 15 is 0 Å². The molecule has 0 aromatic heterocycles. The van der Waals surface area contributed by atoms with Crippen LogP contribution in [-0.2, 0) is 0 Å². The lowest BCUT2D eigenvalue weighted by Crippen LogP contribution is -2.48. The Hall–Kier alpha value is -0.740. The van der Waals surface area contributed by atoms with E-state index < -0.39 is 0 Å². The van der Waals surface area contributed by atoms with Gasteiger partial charge in [0.2, 0.25) is 0 Å². The lowest BCUT2D eigenvalue weighted by Gasteiger charge is -2.29. The number of rotatable bonds is 0. The minimum Gasteiger partial charge on any atom is -0.310 e. The normalized spacial score (nSPS) is 25.2. The average molecular weight is 294 g/mol. The molecular weight excluding hydrogens is 260 g/mol. The van der Waals surface area contributed by atoms with Gasteiger partial charge in [-0.25, -0.2) is 0 Å². The summed E-state index contributed by atoms with van der Waals surface area (Å²) in [5.74, 6) is 0. The van der Waals surface area contributed by atoms with Crippen molar-refractivity contribution in [2.24, 2.45) is 9.98 Å². The highest BCUT2D eigenvalue weighted by atomic mass is 15.0. The molecule has 122 valence electrons. The summed E-state index contributed by atoms with van der Waals surface area (Å²) in [5, 5.41) is 7.27. The van der Waals surface area contributed by atoms with Crippen LogP contribution in [0.25, 0.3) is 0 Å². The van der Waals surface area contributed by atoms with Gasteiger partial charge in [0.25, 0.3) is 0 Å². The zero-order chi connectivity index (χ0) is 15.9. The maximum Gasteiger partial charge on any atom is 0.0406 e. The van der Waals surface area contributed by atoms with Crippen molar-refractivity contribution in [1.29, 1.82) is 0 Å². The number of nitrogens with zero attached hydrogens (tertiary/aromatic N) is 2. The summed E-state index contributed by atoms with van der Waals surface area (Å²) < 4.78 is 0. The Morgan fingerprint density at radius 3 is 1.52 bits per heavy atom. The van der Waals surface area contributed by atoms with E-state index in [2.05, 4.69) is 62.2 Å². The lowest BCUT2D eigenvalue weighted by molar-refractivity contribution is 0.359. The molecule has 0 unspecified atom stereocenters. The maximum atomic E-state index is 4.68. The Balaban J connectivity index is 2.70. The highest BCUT2D eigenvalue weighted by Crippen LogP contribution is 2.12. The van der Waals surface area contributed by atoms with Crippen molar-refractivity contribution in [1.82, 2.24) is 10.6 Å². The van der Waals surface area contributed by atoms with Gasteiger partial charge in [-0.1, -0.05) is 0 Å². The van der Waals surface area contributed by atoms with Crippen LogP contribution in [0.15, 0.2) is 9.98 Å². The van der Waals surface area contributed by atoms with E-state index in [-0.39, 0.29) is 11.1 Å². The molecule has 1 aliphatic rings. The van der Waals surface area contributed by atoms with Gasteiger partial charge in [-0.15, -0.1) is 0 Å². The van der Waals surface area contributed by atoms with Gasteiger partial charge in [0, 0.05) is 61.5 Å². The second-order valence-corrected chi connectivity index (χ2v) is 7.56. The van der Waals surface area contributed by atoms with Gasteiger partial charge in [0.05, 0.1) is 0 Å². The predicted molar refractivity (Wildman–Crippen MR) is 94.0 cm³/mol. The van der Waals surface area contributed by atoms with Crippen molar-refractivity contribution >= 4 is 11.4 Å². The standard InChI is InChI=1S/C17H34N4/c1-14-12-16(3,4)20-10-11-21-17(5,6)13-15(2)19-9-7-8-18-14/h20-21H,7-13H2,1-6H3. The van der Waals surface area contributed by atoms with E-state index in [0.29, 0.717) is 0 Å². The van der Waals surface area contributed by atoms with E-state index in [1.165, 1.54) is 11.4 Å². The minimum absolute atomic E-state index is 0.103. The van der Waals surface area contributed by atoms with E-state index in [0.717, 1.165) is 45.4 Å². The van der Waals surface area contributed by atoms with E-state index in [1.807, 2.05) is 0 Å². The van der Waals surface area contributed by atoms with E-state index in [9.17, 15) is 0 Å². The molecule has 0 radical (unpaired) electrons. The maximum absolute atomic E-state index is 4.68. The van der Waals surface area contributed by atoms with E-state index in [4.69, 9.17) is 0 Å². The van der Waals surface area contributed by atoms with Crippen LogP contribution in [0.4, 0.5) is 0 Å². The quantitative estimate of drug-likeness (QED) is 0.722. The van der Waals surface area contributed by atoms with Gasteiger partial charge in [-0.3, -0.25) is 9.98 Å². The molecule has 1 heterocycles. The first-order valence-electron chi connectivity index (χ1n) is 8.20. The molecule has 1 aliphatic heterocycles. The molecule has 0 aromatic carbocycles. The fourth-order valence-electron chi connectivity index (χ4n) is 2.93. The summed E-state index contributed by atoms with van der Waals surface area (Å²) in [5.41, 5.74) is 2.67. The first-order valence-corrected chi connectivity index (χ1v) is 8.20. The third-order valence-corrected chi connectivity index (χ3v) is 3.81. The minimum atomic E-state index is 0.103. The van der Waals surface area contributed by atoms with Crippen molar-refractivity contribution < 1.29 is 0 Å². The monoisotopic (exact) mass is 294 g/mol. The second kappa shape index (κ2) is 8.04. The molecule has 0 saturated heterocycles. The molecular formula is C17H34N4. The zero-order valence-electron chi connectivity index (χ0n) is 14.8. The SMILES string of the molecule is CC1=NCCCN=C(C)CC(C)(C)NCCNC(C)(C)C1. The molecule has 0 bridgehead atoms. The number of aliphatic imine (C=N–C) groups is 2. The summed E-state index contributed by atoms with van der Waals surface area (Å²) in [6, 6.07) is 0. The third kappa shape index (κ3) is 8.32. The molecule has 0 spiro atoms. The summed E-state index contributed by atoms with van der Waals surface area (Å²) >= 11 is 0. The molecule has 2 N–H and O–H groups in total. The summed E-state index contributed by atoms with van der Waals surface area (Å²) in [6.07, 6.45) is 3.04. The second-order valence-electron chi connectivity index (χ2n) is 7.56. The van der Waals surface area contributed by atoms with Crippen LogP contribution in [0.2, 0.25) is 0 Å².